The molecule has 6 nitrogen and oxygen atoms in total. The Balaban J connectivity index is 2.51. The number of urea groups is 1. The van der Waals surface area contributed by atoms with Crippen molar-refractivity contribution in [1.29, 1.82) is 0 Å². The first-order valence-corrected chi connectivity index (χ1v) is 5.85. The molecule has 0 heterocycles. The van der Waals surface area contributed by atoms with Gasteiger partial charge >= 0.3 is 12.0 Å². The van der Waals surface area contributed by atoms with Crippen LogP contribution < -0.4 is 10.6 Å². The van der Waals surface area contributed by atoms with Crippen molar-refractivity contribution in [2.75, 3.05) is 0 Å². The van der Waals surface area contributed by atoms with Gasteiger partial charge in [-0.2, -0.15) is 0 Å². The van der Waals surface area contributed by atoms with E-state index in [0.29, 0.717) is 5.92 Å². The molecule has 0 aromatic rings. The second kappa shape index (κ2) is 5.66. The Kier molecular flexibility index (Phi) is 4.47. The Labute approximate surface area is 105 Å². The molecule has 0 aliphatic heterocycles. The highest BCUT2D eigenvalue weighted by molar-refractivity contribution is 6.07. The molecule has 3 N–H and O–H groups in total. The number of hydrogen-bond donors (Lipinski definition) is 3. The van der Waals surface area contributed by atoms with Gasteiger partial charge in [-0.25, -0.2) is 9.59 Å². The molecule has 6 heteroatoms. The maximum absolute atomic E-state index is 11.6. The SMILES string of the molecule is CC(C(=O)O)=C(C)C(=O)NC(=O)NC(C)C1CC1. The highest BCUT2D eigenvalue weighted by Crippen LogP contribution is 2.32. The van der Waals surface area contributed by atoms with E-state index in [2.05, 4.69) is 10.6 Å². The first-order valence-electron chi connectivity index (χ1n) is 5.85. The molecule has 1 aliphatic carbocycles. The van der Waals surface area contributed by atoms with Crippen LogP contribution in [0.2, 0.25) is 0 Å². The lowest BCUT2D eigenvalue weighted by atomic mass is 10.1. The predicted octanol–water partition coefficient (Wildman–Crippen LogP) is 1.03. The van der Waals surface area contributed by atoms with Crippen LogP contribution in [0.1, 0.15) is 33.6 Å². The van der Waals surface area contributed by atoms with E-state index < -0.39 is 17.9 Å². The third-order valence-electron chi connectivity index (χ3n) is 3.14. The number of imide groups is 1. The van der Waals surface area contributed by atoms with Crippen molar-refractivity contribution in [3.63, 3.8) is 0 Å². The van der Waals surface area contributed by atoms with E-state index in [4.69, 9.17) is 5.11 Å². The van der Waals surface area contributed by atoms with Gasteiger partial charge in [0.15, 0.2) is 0 Å². The summed E-state index contributed by atoms with van der Waals surface area (Å²) in [4.78, 5) is 33.7. The van der Waals surface area contributed by atoms with Crippen LogP contribution >= 0.6 is 0 Å². The van der Waals surface area contributed by atoms with Crippen LogP contribution in [-0.2, 0) is 9.59 Å². The normalized spacial score (nSPS) is 17.5. The molecule has 3 amide bonds. The Morgan fingerprint density at radius 2 is 1.72 bits per heavy atom. The number of carboxylic acids is 1. The molecule has 100 valence electrons. The predicted molar refractivity (Wildman–Crippen MR) is 64.9 cm³/mol. The van der Waals surface area contributed by atoms with Crippen LogP contribution in [0.25, 0.3) is 0 Å². The second-order valence-electron chi connectivity index (χ2n) is 4.61. The number of carbonyl (C=O) groups is 3. The van der Waals surface area contributed by atoms with Gasteiger partial charge in [0.2, 0.25) is 0 Å². The number of rotatable bonds is 4. The van der Waals surface area contributed by atoms with Gasteiger partial charge in [-0.05, 0) is 39.5 Å². The molecule has 1 fully saturated rings. The van der Waals surface area contributed by atoms with E-state index in [1.807, 2.05) is 6.92 Å². The molecule has 18 heavy (non-hydrogen) atoms. The summed E-state index contributed by atoms with van der Waals surface area (Å²) in [5, 5.41) is 13.5. The molecule has 1 saturated carbocycles. The molecule has 0 radical (unpaired) electrons. The summed E-state index contributed by atoms with van der Waals surface area (Å²) in [6, 6.07) is -0.556. The maximum atomic E-state index is 11.6. The minimum Gasteiger partial charge on any atom is -0.478 e. The van der Waals surface area contributed by atoms with Gasteiger partial charge < -0.3 is 10.4 Å². The summed E-state index contributed by atoms with van der Waals surface area (Å²) < 4.78 is 0. The smallest absolute Gasteiger partial charge is 0.331 e. The van der Waals surface area contributed by atoms with Crippen molar-refractivity contribution in [1.82, 2.24) is 10.6 Å². The van der Waals surface area contributed by atoms with E-state index in [1.165, 1.54) is 13.8 Å². The highest BCUT2D eigenvalue weighted by Gasteiger charge is 2.29. The minimum absolute atomic E-state index is 0.0247. The fourth-order valence-electron chi connectivity index (χ4n) is 1.48. The zero-order valence-electron chi connectivity index (χ0n) is 10.7. The van der Waals surface area contributed by atoms with Gasteiger partial charge in [-0.3, -0.25) is 10.1 Å². The molecular weight excluding hydrogens is 236 g/mol. The molecule has 1 unspecified atom stereocenters. The minimum atomic E-state index is -1.17. The maximum Gasteiger partial charge on any atom is 0.331 e. The molecule has 0 saturated heterocycles. The van der Waals surface area contributed by atoms with Crippen LogP contribution in [0.15, 0.2) is 11.1 Å². The van der Waals surface area contributed by atoms with Crippen LogP contribution in [0.5, 0.6) is 0 Å². The average Bonchev–Trinajstić information content (AvgIpc) is 3.09. The van der Waals surface area contributed by atoms with E-state index in [9.17, 15) is 14.4 Å². The molecule has 1 aliphatic rings. The van der Waals surface area contributed by atoms with Crippen molar-refractivity contribution >= 4 is 17.9 Å². The first-order chi connectivity index (χ1) is 8.32. The van der Waals surface area contributed by atoms with Crippen molar-refractivity contribution in [3.8, 4) is 0 Å². The van der Waals surface area contributed by atoms with Crippen molar-refractivity contribution in [2.45, 2.75) is 39.7 Å². The van der Waals surface area contributed by atoms with Gasteiger partial charge in [-0.15, -0.1) is 0 Å². The lowest BCUT2D eigenvalue weighted by molar-refractivity contribution is -0.133. The molecule has 1 rings (SSSR count). The summed E-state index contributed by atoms with van der Waals surface area (Å²) in [5.74, 6) is -1.37. The van der Waals surface area contributed by atoms with Crippen LogP contribution in [0.4, 0.5) is 4.79 Å². The quantitative estimate of drug-likeness (QED) is 0.653. The number of carbonyl (C=O) groups excluding carboxylic acids is 2. The monoisotopic (exact) mass is 254 g/mol. The first kappa shape index (κ1) is 14.2. The van der Waals surface area contributed by atoms with E-state index in [-0.39, 0.29) is 17.2 Å². The van der Waals surface area contributed by atoms with Crippen molar-refractivity contribution in [3.05, 3.63) is 11.1 Å². The van der Waals surface area contributed by atoms with Crippen molar-refractivity contribution < 1.29 is 19.5 Å². The number of hydrogen-bond acceptors (Lipinski definition) is 3. The Hall–Kier alpha value is -1.85. The van der Waals surface area contributed by atoms with Crippen LogP contribution in [0.3, 0.4) is 0 Å². The van der Waals surface area contributed by atoms with Crippen molar-refractivity contribution in [2.24, 2.45) is 5.92 Å². The Morgan fingerprint density at radius 3 is 2.17 bits per heavy atom. The molecule has 1 atom stereocenters. The highest BCUT2D eigenvalue weighted by atomic mass is 16.4. The van der Waals surface area contributed by atoms with Crippen LogP contribution in [-0.4, -0.2) is 29.1 Å². The van der Waals surface area contributed by atoms with Gasteiger partial charge in [0.25, 0.3) is 5.91 Å². The van der Waals surface area contributed by atoms with Gasteiger partial charge in [-0.1, -0.05) is 0 Å². The standard InChI is InChI=1S/C12H18N2O4/c1-6(7(2)11(16)17)10(15)14-12(18)13-8(3)9-4-5-9/h8-9H,4-5H2,1-3H3,(H,16,17)(H2,13,14,15,18). The average molecular weight is 254 g/mol. The zero-order chi connectivity index (χ0) is 13.9. The summed E-state index contributed by atoms with van der Waals surface area (Å²) in [6.07, 6.45) is 2.18. The topological polar surface area (TPSA) is 95.5 Å². The van der Waals surface area contributed by atoms with Crippen LogP contribution in [0, 0.1) is 5.92 Å². The summed E-state index contributed by atoms with van der Waals surface area (Å²) in [6.45, 7) is 4.57. The number of aliphatic carboxylic acids is 1. The molecule has 0 aromatic heterocycles. The number of amides is 3. The third-order valence-corrected chi connectivity index (χ3v) is 3.14. The third kappa shape index (κ3) is 3.87. The molecule has 0 spiro atoms. The van der Waals surface area contributed by atoms with Gasteiger partial charge in [0.1, 0.15) is 0 Å². The lowest BCUT2D eigenvalue weighted by Gasteiger charge is -2.13. The van der Waals surface area contributed by atoms with E-state index in [1.54, 1.807) is 0 Å². The summed E-state index contributed by atoms with van der Waals surface area (Å²) in [7, 11) is 0. The Bertz CT molecular complexity index is 410. The summed E-state index contributed by atoms with van der Waals surface area (Å²) >= 11 is 0. The zero-order valence-corrected chi connectivity index (χ0v) is 10.7. The molecular formula is C12H18N2O4. The van der Waals surface area contributed by atoms with Gasteiger partial charge in [0.05, 0.1) is 0 Å². The van der Waals surface area contributed by atoms with E-state index >= 15 is 0 Å². The number of carboxylic acid groups (broad SMARTS) is 1. The fraction of sp³-hybridized carbons (Fsp3) is 0.583. The Morgan fingerprint density at radius 1 is 1.17 bits per heavy atom. The number of nitrogens with one attached hydrogen (secondary N) is 2. The second-order valence-corrected chi connectivity index (χ2v) is 4.61. The fourth-order valence-corrected chi connectivity index (χ4v) is 1.48. The largest absolute Gasteiger partial charge is 0.478 e. The molecule has 0 bridgehead atoms. The molecule has 0 aromatic carbocycles. The van der Waals surface area contributed by atoms with Gasteiger partial charge in [0, 0.05) is 17.2 Å². The lowest BCUT2D eigenvalue weighted by Crippen LogP contribution is -2.44. The van der Waals surface area contributed by atoms with E-state index in [0.717, 1.165) is 12.8 Å². The summed E-state index contributed by atoms with van der Waals surface area (Å²) in [5.41, 5.74) is -0.0488.